The topological polar surface area (TPSA) is 95.5 Å². The number of rotatable bonds is 10. The number of likely N-dealkylation sites (N-methyl/N-ethyl adjacent to an activating group) is 2. The number of hydrogen-bond acceptors (Lipinski definition) is 5. The monoisotopic (exact) mass is 369 g/mol. The van der Waals surface area contributed by atoms with Crippen molar-refractivity contribution in [2.24, 2.45) is 11.5 Å². The zero-order valence-electron chi connectivity index (χ0n) is 14.3. The molecule has 0 bridgehead atoms. The second-order valence-corrected chi connectivity index (χ2v) is 6.33. The van der Waals surface area contributed by atoms with Crippen LogP contribution in [0.3, 0.4) is 0 Å². The fraction of sp³-hybridized carbons (Fsp3) is 0.533. The molecule has 0 saturated heterocycles. The first-order chi connectivity index (χ1) is 11.4. The second kappa shape index (κ2) is 11.1. The first-order valence-corrected chi connectivity index (χ1v) is 8.59. The van der Waals surface area contributed by atoms with Gasteiger partial charge in [0.2, 0.25) is 0 Å². The first-order valence-electron chi connectivity index (χ1n) is 7.77. The average molecular weight is 370 g/mol. The molecule has 0 aliphatic carbocycles. The van der Waals surface area contributed by atoms with Crippen LogP contribution in [0, 0.1) is 0 Å². The van der Waals surface area contributed by atoms with E-state index in [4.69, 9.17) is 35.9 Å². The van der Waals surface area contributed by atoms with Gasteiger partial charge < -0.3 is 31.9 Å². The number of nitrogens with one attached hydrogen (secondary N) is 2. The molecule has 1 rings (SSSR count). The Bertz CT molecular complexity index is 495. The molecule has 0 fully saturated rings. The van der Waals surface area contributed by atoms with Crippen LogP contribution < -0.4 is 22.1 Å². The summed E-state index contributed by atoms with van der Waals surface area (Å²) in [6, 6.07) is 6.03. The van der Waals surface area contributed by atoms with Crippen molar-refractivity contribution in [2.45, 2.75) is 13.1 Å². The Hall–Kier alpha value is -1.55. The van der Waals surface area contributed by atoms with E-state index in [0.29, 0.717) is 23.3 Å². The molecular formula is C15H27N7S2. The lowest BCUT2D eigenvalue weighted by Gasteiger charge is -2.17. The minimum Gasteiger partial charge on any atom is -0.376 e. The summed E-state index contributed by atoms with van der Waals surface area (Å²) < 4.78 is 0. The quantitative estimate of drug-likeness (QED) is 0.325. The summed E-state index contributed by atoms with van der Waals surface area (Å²) in [4.78, 5) is 8.29. The van der Waals surface area contributed by atoms with E-state index in [0.717, 1.165) is 37.6 Å². The predicted molar refractivity (Wildman–Crippen MR) is 106 cm³/mol. The average Bonchev–Trinajstić information content (AvgIpc) is 2.55. The van der Waals surface area contributed by atoms with Gasteiger partial charge in [-0.15, -0.1) is 0 Å². The highest BCUT2D eigenvalue weighted by molar-refractivity contribution is 7.80. The Morgan fingerprint density at radius 1 is 0.958 bits per heavy atom. The van der Waals surface area contributed by atoms with Gasteiger partial charge in [-0.25, -0.2) is 0 Å². The highest BCUT2D eigenvalue weighted by atomic mass is 32.1. The maximum absolute atomic E-state index is 5.54. The standard InChI is InChI=1S/C15H27N7S2/c1-21(14(16)23)8-6-18-10-12-4-3-5-13(20-12)11-19-7-9-22(2)15(17)24/h3-5,18-19H,6-11H2,1-2H3,(H2,16,23)(H2,17,24). The lowest BCUT2D eigenvalue weighted by molar-refractivity contribution is 0.480. The van der Waals surface area contributed by atoms with Crippen molar-refractivity contribution in [3.05, 3.63) is 29.6 Å². The van der Waals surface area contributed by atoms with E-state index in [1.54, 1.807) is 0 Å². The molecule has 6 N–H and O–H groups in total. The van der Waals surface area contributed by atoms with Crippen molar-refractivity contribution in [3.63, 3.8) is 0 Å². The van der Waals surface area contributed by atoms with Crippen LogP contribution in [0.1, 0.15) is 11.4 Å². The summed E-state index contributed by atoms with van der Waals surface area (Å²) >= 11 is 9.80. The van der Waals surface area contributed by atoms with Gasteiger partial charge in [0.1, 0.15) is 0 Å². The maximum Gasteiger partial charge on any atom is 0.166 e. The van der Waals surface area contributed by atoms with Crippen molar-refractivity contribution < 1.29 is 0 Å². The molecule has 1 aromatic rings. The molecule has 7 nitrogen and oxygen atoms in total. The van der Waals surface area contributed by atoms with Crippen LogP contribution in [0.25, 0.3) is 0 Å². The van der Waals surface area contributed by atoms with Crippen LogP contribution in [-0.2, 0) is 13.1 Å². The fourth-order valence-electron chi connectivity index (χ4n) is 1.87. The Kier molecular flexibility index (Phi) is 9.46. The molecule has 1 aromatic heterocycles. The molecule has 0 radical (unpaired) electrons. The minimum atomic E-state index is 0.407. The van der Waals surface area contributed by atoms with Gasteiger partial charge in [0, 0.05) is 53.4 Å². The van der Waals surface area contributed by atoms with Crippen LogP contribution >= 0.6 is 24.4 Å². The van der Waals surface area contributed by atoms with E-state index in [1.165, 1.54) is 0 Å². The van der Waals surface area contributed by atoms with Crippen molar-refractivity contribution in [3.8, 4) is 0 Å². The molecule has 0 unspecified atom stereocenters. The van der Waals surface area contributed by atoms with E-state index in [9.17, 15) is 0 Å². The van der Waals surface area contributed by atoms with Gasteiger partial charge >= 0.3 is 0 Å². The highest BCUT2D eigenvalue weighted by Crippen LogP contribution is 1.99. The maximum atomic E-state index is 5.54. The molecule has 1 heterocycles. The van der Waals surface area contributed by atoms with Crippen LogP contribution in [0.15, 0.2) is 18.2 Å². The lowest BCUT2D eigenvalue weighted by atomic mass is 10.3. The van der Waals surface area contributed by atoms with Crippen molar-refractivity contribution in [1.29, 1.82) is 0 Å². The number of hydrogen-bond donors (Lipinski definition) is 4. The van der Waals surface area contributed by atoms with E-state index in [-0.39, 0.29) is 0 Å². The Morgan fingerprint density at radius 3 is 1.75 bits per heavy atom. The van der Waals surface area contributed by atoms with Crippen molar-refractivity contribution in [2.75, 3.05) is 40.3 Å². The smallest absolute Gasteiger partial charge is 0.166 e. The van der Waals surface area contributed by atoms with Crippen LogP contribution in [0.4, 0.5) is 0 Å². The normalized spacial score (nSPS) is 10.4. The molecule has 0 spiro atoms. The molecular weight excluding hydrogens is 342 g/mol. The number of nitrogens with zero attached hydrogens (tertiary/aromatic N) is 3. The summed E-state index contributed by atoms with van der Waals surface area (Å²) in [5, 5.41) is 7.48. The molecule has 0 aliphatic rings. The van der Waals surface area contributed by atoms with E-state index in [2.05, 4.69) is 15.6 Å². The predicted octanol–water partition coefficient (Wildman–Crippen LogP) is -0.388. The number of aromatic nitrogens is 1. The molecule has 9 heteroatoms. The molecule has 0 aromatic carbocycles. The molecule has 0 atom stereocenters. The third-order valence-electron chi connectivity index (χ3n) is 3.48. The number of nitrogens with two attached hydrogens (primary N) is 2. The van der Waals surface area contributed by atoms with Gasteiger partial charge in [-0.3, -0.25) is 4.98 Å². The second-order valence-electron chi connectivity index (χ2n) is 5.49. The van der Waals surface area contributed by atoms with Gasteiger partial charge in [-0.05, 0) is 36.6 Å². The third kappa shape index (κ3) is 8.34. The Morgan fingerprint density at radius 2 is 1.38 bits per heavy atom. The largest absolute Gasteiger partial charge is 0.376 e. The molecule has 0 saturated carbocycles. The lowest BCUT2D eigenvalue weighted by Crippen LogP contribution is -2.37. The van der Waals surface area contributed by atoms with E-state index in [1.807, 2.05) is 42.1 Å². The fourth-order valence-corrected chi connectivity index (χ4v) is 2.06. The van der Waals surface area contributed by atoms with Crippen molar-refractivity contribution >= 4 is 34.7 Å². The van der Waals surface area contributed by atoms with Crippen LogP contribution in [0.5, 0.6) is 0 Å². The highest BCUT2D eigenvalue weighted by Gasteiger charge is 2.02. The van der Waals surface area contributed by atoms with Gasteiger partial charge in [0.25, 0.3) is 0 Å². The number of pyridine rings is 1. The summed E-state index contributed by atoms with van der Waals surface area (Å²) in [6.45, 7) is 4.55. The molecule has 0 aliphatic heterocycles. The van der Waals surface area contributed by atoms with Gasteiger partial charge in [-0.1, -0.05) is 6.07 Å². The van der Waals surface area contributed by atoms with Crippen LogP contribution in [0.2, 0.25) is 0 Å². The molecule has 134 valence electrons. The summed E-state index contributed by atoms with van der Waals surface area (Å²) in [7, 11) is 3.76. The summed E-state index contributed by atoms with van der Waals surface area (Å²) in [5.74, 6) is 0. The molecule has 0 amide bonds. The Balaban J connectivity index is 2.28. The summed E-state index contributed by atoms with van der Waals surface area (Å²) in [6.07, 6.45) is 0. The zero-order chi connectivity index (χ0) is 17.9. The minimum absolute atomic E-state index is 0.407. The van der Waals surface area contributed by atoms with Crippen molar-refractivity contribution in [1.82, 2.24) is 25.4 Å². The third-order valence-corrected chi connectivity index (χ3v) is 4.10. The number of thiocarbonyl (C=S) groups is 2. The molecule has 24 heavy (non-hydrogen) atoms. The Labute approximate surface area is 154 Å². The summed E-state index contributed by atoms with van der Waals surface area (Å²) in [5.41, 5.74) is 13.1. The van der Waals surface area contributed by atoms with E-state index < -0.39 is 0 Å². The first kappa shape index (κ1) is 20.5. The zero-order valence-corrected chi connectivity index (χ0v) is 15.9. The van der Waals surface area contributed by atoms with Crippen LogP contribution in [-0.4, -0.2) is 65.3 Å². The van der Waals surface area contributed by atoms with E-state index >= 15 is 0 Å². The van der Waals surface area contributed by atoms with Gasteiger partial charge in [-0.2, -0.15) is 0 Å². The van der Waals surface area contributed by atoms with Gasteiger partial charge in [0.05, 0.1) is 11.4 Å². The SMILES string of the molecule is CN(CCNCc1cccc(CNCCN(C)C(N)=S)n1)C(N)=S. The van der Waals surface area contributed by atoms with Gasteiger partial charge in [0.15, 0.2) is 10.2 Å².